The molecule has 138 valence electrons. The van der Waals surface area contributed by atoms with E-state index < -0.39 is 0 Å². The summed E-state index contributed by atoms with van der Waals surface area (Å²) in [7, 11) is 3.46. The van der Waals surface area contributed by atoms with Crippen LogP contribution in [0.25, 0.3) is 0 Å². The lowest BCUT2D eigenvalue weighted by Gasteiger charge is -2.34. The van der Waals surface area contributed by atoms with Gasteiger partial charge >= 0.3 is 0 Å². The smallest absolute Gasteiger partial charge is 0.243 e. The summed E-state index contributed by atoms with van der Waals surface area (Å²) in [5.41, 5.74) is 0. The molecule has 24 heavy (non-hydrogen) atoms. The van der Waals surface area contributed by atoms with Gasteiger partial charge in [0.15, 0.2) is 11.7 Å². The predicted octanol–water partition coefficient (Wildman–Crippen LogP) is 0.952. The first-order valence-corrected chi connectivity index (χ1v) is 8.98. The number of hydrogen-bond acceptors (Lipinski definition) is 4. The number of guanidine groups is 1. The van der Waals surface area contributed by atoms with Crippen LogP contribution in [0.4, 0.5) is 0 Å². The summed E-state index contributed by atoms with van der Waals surface area (Å²) in [5.74, 6) is 1.01. The molecule has 1 unspecified atom stereocenters. The van der Waals surface area contributed by atoms with Crippen molar-refractivity contribution in [2.45, 2.75) is 51.4 Å². The number of carbonyl (C=O) groups is 1. The normalized spacial score (nSPS) is 30.4. The molecule has 1 saturated carbocycles. The van der Waals surface area contributed by atoms with Gasteiger partial charge in [-0.2, -0.15) is 0 Å². The van der Waals surface area contributed by atoms with Gasteiger partial charge in [0.05, 0.1) is 6.61 Å². The van der Waals surface area contributed by atoms with Crippen LogP contribution >= 0.6 is 0 Å². The molecule has 0 aromatic carbocycles. The number of likely N-dealkylation sites (N-methyl/N-ethyl adjacent to an activating group) is 1. The average Bonchev–Trinajstić information content (AvgIpc) is 2.96. The summed E-state index contributed by atoms with van der Waals surface area (Å²) < 4.78 is 12.2. The fourth-order valence-electron chi connectivity index (χ4n) is 3.02. The molecule has 0 aromatic rings. The minimum atomic E-state index is -0.366. The predicted molar refractivity (Wildman–Crippen MR) is 93.9 cm³/mol. The van der Waals surface area contributed by atoms with E-state index in [1.165, 1.54) is 4.90 Å². The van der Waals surface area contributed by atoms with Crippen LogP contribution in [-0.4, -0.2) is 69.0 Å². The molecule has 1 amide bonds. The van der Waals surface area contributed by atoms with E-state index in [-0.39, 0.29) is 24.3 Å². The largest absolute Gasteiger partial charge is 0.357 e. The third-order valence-corrected chi connectivity index (χ3v) is 4.66. The molecule has 2 rings (SSSR count). The Morgan fingerprint density at radius 1 is 1.29 bits per heavy atom. The molecule has 7 nitrogen and oxygen atoms in total. The first-order chi connectivity index (χ1) is 11.4. The van der Waals surface area contributed by atoms with E-state index in [9.17, 15) is 4.79 Å². The van der Waals surface area contributed by atoms with Crippen molar-refractivity contribution in [1.29, 1.82) is 0 Å². The van der Waals surface area contributed by atoms with E-state index in [0.29, 0.717) is 19.1 Å². The first-order valence-electron chi connectivity index (χ1n) is 8.98. The molecule has 1 aliphatic heterocycles. The molecule has 7 heteroatoms. The van der Waals surface area contributed by atoms with E-state index in [0.717, 1.165) is 38.1 Å². The van der Waals surface area contributed by atoms with Gasteiger partial charge in [-0.05, 0) is 25.7 Å². The van der Waals surface area contributed by atoms with Crippen LogP contribution in [0.1, 0.15) is 39.5 Å². The molecular formula is C17H32N4O3. The number of nitrogens with one attached hydrogen (secondary N) is 2. The Bertz CT molecular complexity index is 445. The number of amides is 1. The second-order valence-corrected chi connectivity index (χ2v) is 7.01. The molecule has 2 N–H and O–H groups in total. The van der Waals surface area contributed by atoms with Gasteiger partial charge < -0.3 is 25.0 Å². The summed E-state index contributed by atoms with van der Waals surface area (Å²) >= 11 is 0. The van der Waals surface area contributed by atoms with Crippen LogP contribution in [0.3, 0.4) is 0 Å². The summed E-state index contributed by atoms with van der Waals surface area (Å²) in [6, 6.07) is 0. The molecule has 1 saturated heterocycles. The van der Waals surface area contributed by atoms with Crippen LogP contribution in [0.5, 0.6) is 0 Å². The van der Waals surface area contributed by atoms with Crippen LogP contribution in [-0.2, 0) is 14.3 Å². The van der Waals surface area contributed by atoms with Gasteiger partial charge in [0.1, 0.15) is 12.6 Å². The monoisotopic (exact) mass is 340 g/mol. The molecule has 2 fully saturated rings. The summed E-state index contributed by atoms with van der Waals surface area (Å²) in [4.78, 5) is 17.5. The van der Waals surface area contributed by atoms with Gasteiger partial charge in [-0.1, -0.05) is 6.92 Å². The second kappa shape index (κ2) is 8.67. The topological polar surface area (TPSA) is 75.2 Å². The summed E-state index contributed by atoms with van der Waals surface area (Å²) in [5, 5.41) is 6.40. The highest BCUT2D eigenvalue weighted by molar-refractivity contribution is 5.84. The zero-order chi connectivity index (χ0) is 17.6. The fourth-order valence-corrected chi connectivity index (χ4v) is 3.02. The first kappa shape index (κ1) is 19.0. The Kier molecular flexibility index (Phi) is 6.86. The van der Waals surface area contributed by atoms with E-state index >= 15 is 0 Å². The lowest BCUT2D eigenvalue weighted by Crippen LogP contribution is -2.43. The highest BCUT2D eigenvalue weighted by Crippen LogP contribution is 2.39. The SMILES string of the molecule is CCNC(=NCC(=O)N(C)C)NCC1COC2(CCC(C)CC2)O1. The molecule has 0 bridgehead atoms. The maximum absolute atomic E-state index is 11.7. The van der Waals surface area contributed by atoms with Crippen molar-refractivity contribution in [3.8, 4) is 0 Å². The van der Waals surface area contributed by atoms with Crippen LogP contribution in [0.2, 0.25) is 0 Å². The summed E-state index contributed by atoms with van der Waals surface area (Å²) in [6.07, 6.45) is 4.31. The number of carbonyl (C=O) groups excluding carboxylic acids is 1. The van der Waals surface area contributed by atoms with Gasteiger partial charge in [-0.15, -0.1) is 0 Å². The molecule has 1 heterocycles. The fraction of sp³-hybridized carbons (Fsp3) is 0.882. The van der Waals surface area contributed by atoms with Crippen LogP contribution < -0.4 is 10.6 Å². The van der Waals surface area contributed by atoms with Crippen molar-refractivity contribution in [3.63, 3.8) is 0 Å². The number of ether oxygens (including phenoxy) is 2. The quantitative estimate of drug-likeness (QED) is 0.576. The zero-order valence-electron chi connectivity index (χ0n) is 15.4. The third-order valence-electron chi connectivity index (χ3n) is 4.66. The molecule has 0 aromatic heterocycles. The standard InChI is InChI=1S/C17H32N4O3/c1-5-18-16(20-11-15(22)21(3)4)19-10-14-12-23-17(24-14)8-6-13(2)7-9-17/h13-14H,5-12H2,1-4H3,(H2,18,19,20). The van der Waals surface area contributed by atoms with Crippen molar-refractivity contribution in [2.24, 2.45) is 10.9 Å². The number of rotatable bonds is 5. The van der Waals surface area contributed by atoms with E-state index in [4.69, 9.17) is 9.47 Å². The molecule has 1 atom stereocenters. The van der Waals surface area contributed by atoms with Crippen molar-refractivity contribution < 1.29 is 14.3 Å². The maximum Gasteiger partial charge on any atom is 0.243 e. The van der Waals surface area contributed by atoms with Gasteiger partial charge in [-0.3, -0.25) is 4.79 Å². The Morgan fingerprint density at radius 2 is 2.00 bits per heavy atom. The average molecular weight is 340 g/mol. The lowest BCUT2D eigenvalue weighted by atomic mass is 9.86. The molecule has 0 radical (unpaired) electrons. The molecular weight excluding hydrogens is 308 g/mol. The van der Waals surface area contributed by atoms with Crippen molar-refractivity contribution >= 4 is 11.9 Å². The van der Waals surface area contributed by atoms with Crippen molar-refractivity contribution in [3.05, 3.63) is 0 Å². The Labute approximate surface area is 145 Å². The minimum Gasteiger partial charge on any atom is -0.357 e. The van der Waals surface area contributed by atoms with E-state index in [1.54, 1.807) is 14.1 Å². The third kappa shape index (κ3) is 5.34. The van der Waals surface area contributed by atoms with Gasteiger partial charge in [-0.25, -0.2) is 4.99 Å². The molecule has 2 aliphatic rings. The van der Waals surface area contributed by atoms with Gasteiger partial charge in [0.2, 0.25) is 5.91 Å². The minimum absolute atomic E-state index is 0.0202. The maximum atomic E-state index is 11.7. The highest BCUT2D eigenvalue weighted by Gasteiger charge is 2.43. The number of hydrogen-bond donors (Lipinski definition) is 2. The highest BCUT2D eigenvalue weighted by atomic mass is 16.7. The number of nitrogens with zero attached hydrogens (tertiary/aromatic N) is 2. The second-order valence-electron chi connectivity index (χ2n) is 7.01. The van der Waals surface area contributed by atoms with E-state index in [2.05, 4.69) is 22.5 Å². The van der Waals surface area contributed by atoms with E-state index in [1.807, 2.05) is 6.92 Å². The van der Waals surface area contributed by atoms with Crippen LogP contribution in [0, 0.1) is 5.92 Å². The molecule has 1 aliphatic carbocycles. The Hall–Kier alpha value is -1.34. The summed E-state index contributed by atoms with van der Waals surface area (Å²) in [6.45, 7) is 6.39. The molecule has 1 spiro atoms. The Balaban J connectivity index is 1.80. The van der Waals surface area contributed by atoms with Gasteiger partial charge in [0.25, 0.3) is 0 Å². The van der Waals surface area contributed by atoms with Gasteiger partial charge in [0, 0.05) is 40.0 Å². The Morgan fingerprint density at radius 3 is 2.62 bits per heavy atom. The van der Waals surface area contributed by atoms with Crippen LogP contribution in [0.15, 0.2) is 4.99 Å². The van der Waals surface area contributed by atoms with Crippen molar-refractivity contribution in [2.75, 3.05) is 40.3 Å². The lowest BCUT2D eigenvalue weighted by molar-refractivity contribution is -0.191. The zero-order valence-corrected chi connectivity index (χ0v) is 15.4. The van der Waals surface area contributed by atoms with Crippen molar-refractivity contribution in [1.82, 2.24) is 15.5 Å². The number of aliphatic imine (C=N–C) groups is 1.